The average molecular weight is 309 g/mol. The van der Waals surface area contributed by atoms with Crippen molar-refractivity contribution < 1.29 is 0 Å². The smallest absolute Gasteiger partial charge is 0.0445 e. The topological polar surface area (TPSA) is 15.3 Å². The Bertz CT molecular complexity index is 415. The maximum Gasteiger partial charge on any atom is 0.0445 e. The quantitative estimate of drug-likeness (QED) is 0.820. The van der Waals surface area contributed by atoms with Gasteiger partial charge in [-0.15, -0.1) is 11.3 Å². The van der Waals surface area contributed by atoms with Gasteiger partial charge in [-0.05, 0) is 37.1 Å². The van der Waals surface area contributed by atoms with Gasteiger partial charge in [0.05, 0.1) is 0 Å². The van der Waals surface area contributed by atoms with Gasteiger partial charge in [0.25, 0.3) is 0 Å². The third-order valence-corrected chi connectivity index (χ3v) is 6.05. The molecular weight excluding hydrogens is 276 g/mol. The van der Waals surface area contributed by atoms with Crippen LogP contribution >= 0.6 is 11.3 Å². The van der Waals surface area contributed by atoms with Gasteiger partial charge in [0, 0.05) is 35.6 Å². The lowest BCUT2D eigenvalue weighted by molar-refractivity contribution is 0.0214. The summed E-state index contributed by atoms with van der Waals surface area (Å²) in [5.41, 5.74) is 0.259. The van der Waals surface area contributed by atoms with E-state index in [1.54, 1.807) is 4.88 Å². The zero-order valence-electron chi connectivity index (χ0n) is 14.4. The number of rotatable bonds is 6. The Morgan fingerprint density at radius 2 is 2.19 bits per heavy atom. The molecule has 0 radical (unpaired) electrons. The van der Waals surface area contributed by atoms with Crippen molar-refractivity contribution in [2.45, 2.75) is 71.5 Å². The number of nitrogens with zero attached hydrogens (tertiary/aromatic N) is 1. The Balaban J connectivity index is 2.28. The van der Waals surface area contributed by atoms with Crippen LogP contribution in [0.5, 0.6) is 0 Å². The van der Waals surface area contributed by atoms with Crippen LogP contribution in [0.4, 0.5) is 0 Å². The minimum Gasteiger partial charge on any atom is -0.309 e. The predicted octanol–water partition coefficient (Wildman–Crippen LogP) is 4.69. The van der Waals surface area contributed by atoms with Gasteiger partial charge < -0.3 is 5.32 Å². The molecule has 0 aliphatic carbocycles. The number of hydrogen-bond acceptors (Lipinski definition) is 3. The molecule has 21 heavy (non-hydrogen) atoms. The van der Waals surface area contributed by atoms with E-state index in [1.165, 1.54) is 19.3 Å². The molecule has 3 unspecified atom stereocenters. The lowest BCUT2D eigenvalue weighted by atomic mass is 9.87. The van der Waals surface area contributed by atoms with Crippen LogP contribution in [0.2, 0.25) is 0 Å². The Morgan fingerprint density at radius 3 is 2.71 bits per heavy atom. The van der Waals surface area contributed by atoms with Gasteiger partial charge in [-0.3, -0.25) is 4.90 Å². The van der Waals surface area contributed by atoms with Crippen molar-refractivity contribution in [2.24, 2.45) is 5.92 Å². The Hall–Kier alpha value is -0.380. The van der Waals surface area contributed by atoms with Crippen LogP contribution in [0.1, 0.15) is 64.8 Å². The highest BCUT2D eigenvalue weighted by molar-refractivity contribution is 7.10. The van der Waals surface area contributed by atoms with Gasteiger partial charge in [0.15, 0.2) is 0 Å². The molecule has 2 nitrogen and oxygen atoms in total. The van der Waals surface area contributed by atoms with Crippen LogP contribution in [0.15, 0.2) is 17.5 Å². The van der Waals surface area contributed by atoms with E-state index in [9.17, 15) is 0 Å². The predicted molar refractivity (Wildman–Crippen MR) is 94.0 cm³/mol. The zero-order chi connectivity index (χ0) is 15.5. The highest BCUT2D eigenvalue weighted by atomic mass is 32.1. The second kappa shape index (κ2) is 7.26. The molecular formula is C18H32N2S. The molecule has 1 aliphatic heterocycles. The lowest BCUT2D eigenvalue weighted by Gasteiger charge is -2.50. The second-order valence-corrected chi connectivity index (χ2v) is 8.08. The van der Waals surface area contributed by atoms with Crippen LogP contribution in [-0.4, -0.2) is 29.6 Å². The molecule has 1 aromatic rings. The molecule has 0 spiro atoms. The molecule has 0 aromatic carbocycles. The van der Waals surface area contributed by atoms with Crippen molar-refractivity contribution in [1.29, 1.82) is 0 Å². The van der Waals surface area contributed by atoms with E-state index in [0.717, 1.165) is 13.1 Å². The molecule has 2 heterocycles. The van der Waals surface area contributed by atoms with Gasteiger partial charge in [-0.25, -0.2) is 0 Å². The van der Waals surface area contributed by atoms with Crippen LogP contribution in [0.3, 0.4) is 0 Å². The normalized spacial score (nSPS) is 29.0. The van der Waals surface area contributed by atoms with Crippen LogP contribution < -0.4 is 5.32 Å². The molecule has 120 valence electrons. The van der Waals surface area contributed by atoms with Gasteiger partial charge in [-0.1, -0.05) is 40.2 Å². The molecule has 0 saturated carbocycles. The highest BCUT2D eigenvalue weighted by Gasteiger charge is 2.39. The van der Waals surface area contributed by atoms with Crippen molar-refractivity contribution in [2.75, 3.05) is 13.1 Å². The molecule has 1 N–H and O–H groups in total. The fourth-order valence-corrected chi connectivity index (χ4v) is 4.35. The van der Waals surface area contributed by atoms with Crippen molar-refractivity contribution >= 4 is 11.3 Å². The zero-order valence-corrected chi connectivity index (χ0v) is 15.2. The third kappa shape index (κ3) is 3.88. The summed E-state index contributed by atoms with van der Waals surface area (Å²) in [6, 6.07) is 5.76. The fraction of sp³-hybridized carbons (Fsp3) is 0.778. The molecule has 1 saturated heterocycles. The van der Waals surface area contributed by atoms with Gasteiger partial charge in [0.2, 0.25) is 0 Å². The van der Waals surface area contributed by atoms with Crippen LogP contribution in [0.25, 0.3) is 0 Å². The number of thiophene rings is 1. The maximum atomic E-state index is 3.81. The lowest BCUT2D eigenvalue weighted by Crippen LogP contribution is -2.64. The summed E-state index contributed by atoms with van der Waals surface area (Å²) in [6.45, 7) is 14.0. The Kier molecular flexibility index (Phi) is 5.87. The summed E-state index contributed by atoms with van der Waals surface area (Å²) in [6.07, 6.45) is 3.71. The minimum atomic E-state index is 0.259. The highest BCUT2D eigenvalue weighted by Crippen LogP contribution is 2.36. The first-order valence-corrected chi connectivity index (χ1v) is 9.43. The molecule has 1 aromatic heterocycles. The monoisotopic (exact) mass is 308 g/mol. The van der Waals surface area contributed by atoms with Gasteiger partial charge >= 0.3 is 0 Å². The first-order valence-electron chi connectivity index (χ1n) is 8.55. The van der Waals surface area contributed by atoms with Crippen LogP contribution in [-0.2, 0) is 0 Å². The summed E-state index contributed by atoms with van der Waals surface area (Å²) in [5.74, 6) is 0.693. The van der Waals surface area contributed by atoms with E-state index in [2.05, 4.69) is 62.3 Å². The van der Waals surface area contributed by atoms with Gasteiger partial charge in [0.1, 0.15) is 0 Å². The molecule has 1 fully saturated rings. The van der Waals surface area contributed by atoms with E-state index in [1.807, 2.05) is 11.3 Å². The van der Waals surface area contributed by atoms with E-state index < -0.39 is 0 Å². The largest absolute Gasteiger partial charge is 0.309 e. The fourth-order valence-electron chi connectivity index (χ4n) is 3.47. The summed E-state index contributed by atoms with van der Waals surface area (Å²) in [5, 5.41) is 6.04. The van der Waals surface area contributed by atoms with E-state index in [-0.39, 0.29) is 5.54 Å². The summed E-state index contributed by atoms with van der Waals surface area (Å²) in [7, 11) is 0. The van der Waals surface area contributed by atoms with Gasteiger partial charge in [-0.2, -0.15) is 0 Å². The Morgan fingerprint density at radius 1 is 1.43 bits per heavy atom. The van der Waals surface area contributed by atoms with Crippen LogP contribution in [0, 0.1) is 5.92 Å². The van der Waals surface area contributed by atoms with E-state index >= 15 is 0 Å². The van der Waals surface area contributed by atoms with E-state index in [0.29, 0.717) is 18.0 Å². The molecule has 3 atom stereocenters. The average Bonchev–Trinajstić information content (AvgIpc) is 2.98. The number of nitrogens with one attached hydrogen (secondary N) is 1. The van der Waals surface area contributed by atoms with Crippen molar-refractivity contribution in [3.05, 3.63) is 22.4 Å². The molecule has 0 bridgehead atoms. The van der Waals surface area contributed by atoms with Crippen molar-refractivity contribution in [3.8, 4) is 0 Å². The third-order valence-electron chi connectivity index (χ3n) is 5.08. The summed E-state index contributed by atoms with van der Waals surface area (Å²) >= 11 is 1.92. The standard InChI is InChI=1S/C18H32N2S/c1-6-9-15(17-10-8-11-21-17)20-13-18(5,7-2)19-12-16(20)14(3)4/h8,10-11,14-16,19H,6-7,9,12-13H2,1-5H3. The first-order chi connectivity index (χ1) is 10.0. The SMILES string of the molecule is CCCC(c1cccs1)N1CC(C)(CC)NCC1C(C)C. The summed E-state index contributed by atoms with van der Waals surface area (Å²) < 4.78 is 0. The van der Waals surface area contributed by atoms with E-state index in [4.69, 9.17) is 0 Å². The minimum absolute atomic E-state index is 0.259. The number of piperazine rings is 1. The van der Waals surface area contributed by atoms with Crippen molar-refractivity contribution in [3.63, 3.8) is 0 Å². The molecule has 3 heteroatoms. The molecule has 2 rings (SSSR count). The molecule has 0 amide bonds. The summed E-state index contributed by atoms with van der Waals surface area (Å²) in [4.78, 5) is 4.35. The van der Waals surface area contributed by atoms with Crippen molar-refractivity contribution in [1.82, 2.24) is 10.2 Å². The number of hydrogen-bond donors (Lipinski definition) is 1. The Labute approximate surface area is 134 Å². The molecule has 1 aliphatic rings. The first kappa shape index (κ1) is 17.0. The second-order valence-electron chi connectivity index (χ2n) is 7.10. The maximum absolute atomic E-state index is 3.81.